The molecule has 4 N–H and O–H groups in total. The largest absolute Gasteiger partial charge is 0.497 e. The molecular weight excluding hydrogens is 320 g/mol. The van der Waals surface area contributed by atoms with E-state index in [-0.39, 0.29) is 11.5 Å². The zero-order valence-corrected chi connectivity index (χ0v) is 14.4. The summed E-state index contributed by atoms with van der Waals surface area (Å²) in [5, 5.41) is 3.15. The second-order valence-corrected chi connectivity index (χ2v) is 5.78. The molecule has 0 spiro atoms. The van der Waals surface area contributed by atoms with Gasteiger partial charge in [0.25, 0.3) is 0 Å². The molecule has 0 amide bonds. The molecule has 2 aromatic heterocycles. The van der Waals surface area contributed by atoms with Gasteiger partial charge in [-0.1, -0.05) is 25.5 Å². The van der Waals surface area contributed by atoms with Crippen molar-refractivity contribution in [2.75, 3.05) is 24.7 Å². The number of fused-ring (bicyclic) bond motifs is 1. The summed E-state index contributed by atoms with van der Waals surface area (Å²) in [6.07, 6.45) is 2.07. The first kappa shape index (κ1) is 16.8. The summed E-state index contributed by atoms with van der Waals surface area (Å²) in [5.74, 6) is 1.46. The number of hydrogen-bond donors (Lipinski definition) is 3. The van der Waals surface area contributed by atoms with E-state index in [1.807, 2.05) is 24.3 Å². The average molecular weight is 342 g/mol. The molecule has 0 aliphatic heterocycles. The molecule has 3 rings (SSSR count). The highest BCUT2D eigenvalue weighted by molar-refractivity contribution is 5.82. The van der Waals surface area contributed by atoms with Crippen molar-refractivity contribution in [3.63, 3.8) is 0 Å². The number of methoxy groups -OCH3 is 1. The molecule has 0 aliphatic carbocycles. The highest BCUT2D eigenvalue weighted by Gasteiger charge is 2.14. The van der Waals surface area contributed by atoms with Crippen LogP contribution in [0.1, 0.15) is 25.3 Å². The van der Waals surface area contributed by atoms with Gasteiger partial charge in [-0.3, -0.25) is 4.57 Å². The first-order chi connectivity index (χ1) is 12.1. The number of aromatic amines is 1. The number of hydrogen-bond acceptors (Lipinski definition) is 6. The van der Waals surface area contributed by atoms with E-state index in [0.29, 0.717) is 23.7 Å². The van der Waals surface area contributed by atoms with E-state index in [2.05, 4.69) is 27.2 Å². The van der Waals surface area contributed by atoms with Crippen LogP contribution in [0.25, 0.3) is 11.2 Å². The van der Waals surface area contributed by atoms with Crippen LogP contribution in [0.3, 0.4) is 0 Å². The second kappa shape index (κ2) is 7.25. The molecule has 0 saturated heterocycles. The van der Waals surface area contributed by atoms with E-state index in [9.17, 15) is 4.79 Å². The summed E-state index contributed by atoms with van der Waals surface area (Å²) in [5.41, 5.74) is 7.63. The summed E-state index contributed by atoms with van der Waals surface area (Å²) in [4.78, 5) is 23.7. The zero-order valence-electron chi connectivity index (χ0n) is 14.4. The minimum Gasteiger partial charge on any atom is -0.497 e. The van der Waals surface area contributed by atoms with Crippen molar-refractivity contribution in [3.8, 4) is 5.75 Å². The minimum atomic E-state index is -0.266. The summed E-state index contributed by atoms with van der Waals surface area (Å²) >= 11 is 0. The molecule has 0 atom stereocenters. The van der Waals surface area contributed by atoms with Gasteiger partial charge in [0.15, 0.2) is 11.5 Å². The van der Waals surface area contributed by atoms with Gasteiger partial charge < -0.3 is 20.8 Å². The standard InChI is InChI=1S/C17H22N6O2/c1-3-4-9-19-16-21-14(18)13-15(22-16)23(17(24)20-13)10-11-5-7-12(25-2)8-6-11/h5-8H,3-4,9-10H2,1-2H3,(H,20,24)(H3,18,19,21,22). The number of rotatable bonds is 7. The Bertz CT molecular complexity index is 913. The maximum Gasteiger partial charge on any atom is 0.328 e. The Morgan fingerprint density at radius 2 is 2.04 bits per heavy atom. The van der Waals surface area contributed by atoms with Crippen LogP contribution in [0.2, 0.25) is 0 Å². The average Bonchev–Trinajstić information content (AvgIpc) is 2.93. The molecule has 0 fully saturated rings. The lowest BCUT2D eigenvalue weighted by molar-refractivity contribution is 0.414. The normalized spacial score (nSPS) is 11.0. The van der Waals surface area contributed by atoms with Gasteiger partial charge >= 0.3 is 5.69 Å². The number of H-pyrrole nitrogens is 1. The summed E-state index contributed by atoms with van der Waals surface area (Å²) in [6.45, 7) is 3.25. The molecule has 132 valence electrons. The van der Waals surface area contributed by atoms with Crippen LogP contribution in [0, 0.1) is 0 Å². The van der Waals surface area contributed by atoms with Gasteiger partial charge in [-0.2, -0.15) is 9.97 Å². The Balaban J connectivity index is 1.95. The summed E-state index contributed by atoms with van der Waals surface area (Å²) in [7, 11) is 1.62. The lowest BCUT2D eigenvalue weighted by atomic mass is 10.2. The third kappa shape index (κ3) is 3.57. The Morgan fingerprint density at radius 1 is 1.28 bits per heavy atom. The Morgan fingerprint density at radius 3 is 2.72 bits per heavy atom. The first-order valence-corrected chi connectivity index (χ1v) is 8.25. The molecular formula is C17H22N6O2. The fourth-order valence-electron chi connectivity index (χ4n) is 2.57. The van der Waals surface area contributed by atoms with Crippen LogP contribution in [0.15, 0.2) is 29.1 Å². The van der Waals surface area contributed by atoms with E-state index >= 15 is 0 Å². The van der Waals surface area contributed by atoms with Gasteiger partial charge in [0.2, 0.25) is 5.95 Å². The topological polar surface area (TPSA) is 111 Å². The van der Waals surface area contributed by atoms with Gasteiger partial charge in [0.05, 0.1) is 13.7 Å². The highest BCUT2D eigenvalue weighted by Crippen LogP contribution is 2.18. The van der Waals surface area contributed by atoms with Crippen LogP contribution in [0.5, 0.6) is 5.75 Å². The summed E-state index contributed by atoms with van der Waals surface area (Å²) < 4.78 is 6.71. The number of imidazole rings is 1. The van der Waals surface area contributed by atoms with Gasteiger partial charge in [-0.15, -0.1) is 0 Å². The van der Waals surface area contributed by atoms with Gasteiger partial charge in [0.1, 0.15) is 11.3 Å². The number of nitrogens with zero attached hydrogens (tertiary/aromatic N) is 3. The molecule has 8 heteroatoms. The third-order valence-electron chi connectivity index (χ3n) is 3.96. The van der Waals surface area contributed by atoms with Crippen molar-refractivity contribution < 1.29 is 4.74 Å². The Hall–Kier alpha value is -3.03. The van der Waals surface area contributed by atoms with Crippen molar-refractivity contribution in [1.29, 1.82) is 0 Å². The molecule has 8 nitrogen and oxygen atoms in total. The number of anilines is 2. The van der Waals surface area contributed by atoms with Crippen molar-refractivity contribution in [2.45, 2.75) is 26.3 Å². The SMILES string of the molecule is CCCCNc1nc(N)c2[nH]c(=O)n(Cc3ccc(OC)cc3)c2n1. The predicted molar refractivity (Wildman–Crippen MR) is 98.1 cm³/mol. The quantitative estimate of drug-likeness (QED) is 0.566. The lowest BCUT2D eigenvalue weighted by Crippen LogP contribution is -2.18. The maximum atomic E-state index is 12.3. The van der Waals surface area contributed by atoms with E-state index < -0.39 is 0 Å². The second-order valence-electron chi connectivity index (χ2n) is 5.78. The molecule has 2 heterocycles. The maximum absolute atomic E-state index is 12.3. The van der Waals surface area contributed by atoms with Crippen molar-refractivity contribution in [2.24, 2.45) is 0 Å². The molecule has 0 bridgehead atoms. The van der Waals surface area contributed by atoms with Crippen LogP contribution < -0.4 is 21.5 Å². The number of aromatic nitrogens is 4. The van der Waals surface area contributed by atoms with Crippen LogP contribution in [-0.2, 0) is 6.54 Å². The number of nitrogens with one attached hydrogen (secondary N) is 2. The van der Waals surface area contributed by atoms with Gasteiger partial charge in [-0.25, -0.2) is 4.79 Å². The predicted octanol–water partition coefficient (Wildman–Crippen LogP) is 1.97. The van der Waals surface area contributed by atoms with E-state index in [0.717, 1.165) is 30.7 Å². The number of nitrogen functional groups attached to an aromatic ring is 1. The Kier molecular flexibility index (Phi) is 4.87. The smallest absolute Gasteiger partial charge is 0.328 e. The zero-order chi connectivity index (χ0) is 17.8. The van der Waals surface area contributed by atoms with Gasteiger partial charge in [-0.05, 0) is 24.1 Å². The summed E-state index contributed by atoms with van der Waals surface area (Å²) in [6, 6.07) is 7.54. The third-order valence-corrected chi connectivity index (χ3v) is 3.96. The molecule has 0 aliphatic rings. The van der Waals surface area contributed by atoms with Crippen molar-refractivity contribution in [3.05, 3.63) is 40.3 Å². The lowest BCUT2D eigenvalue weighted by Gasteiger charge is -2.07. The number of nitrogens with two attached hydrogens (primary N) is 1. The van der Waals surface area contributed by atoms with Crippen molar-refractivity contribution in [1.82, 2.24) is 19.5 Å². The Labute approximate surface area is 145 Å². The van der Waals surface area contributed by atoms with Crippen molar-refractivity contribution >= 4 is 22.9 Å². The van der Waals surface area contributed by atoms with E-state index in [1.165, 1.54) is 0 Å². The molecule has 1 aromatic carbocycles. The molecule has 0 saturated carbocycles. The van der Waals surface area contributed by atoms with E-state index in [1.54, 1.807) is 11.7 Å². The minimum absolute atomic E-state index is 0.259. The number of ether oxygens (including phenoxy) is 1. The monoisotopic (exact) mass is 342 g/mol. The highest BCUT2D eigenvalue weighted by atomic mass is 16.5. The molecule has 25 heavy (non-hydrogen) atoms. The van der Waals surface area contributed by atoms with Crippen LogP contribution in [0.4, 0.5) is 11.8 Å². The van der Waals surface area contributed by atoms with Crippen LogP contribution >= 0.6 is 0 Å². The van der Waals surface area contributed by atoms with Gasteiger partial charge in [0, 0.05) is 6.54 Å². The number of unbranched alkanes of at least 4 members (excludes halogenated alkanes) is 1. The molecule has 0 radical (unpaired) electrons. The molecule has 0 unspecified atom stereocenters. The fourth-order valence-corrected chi connectivity index (χ4v) is 2.57. The van der Waals surface area contributed by atoms with Crippen LogP contribution in [-0.4, -0.2) is 33.2 Å². The molecule has 3 aromatic rings. The van der Waals surface area contributed by atoms with E-state index in [4.69, 9.17) is 10.5 Å². The fraction of sp³-hybridized carbons (Fsp3) is 0.353. The first-order valence-electron chi connectivity index (χ1n) is 8.25. The number of benzene rings is 1.